The van der Waals surface area contributed by atoms with Crippen LogP contribution in [-0.4, -0.2) is 39.0 Å². The molecular formula is C15H22BF2N3O2. The summed E-state index contributed by atoms with van der Waals surface area (Å²) in [5.74, 6) is 0. The van der Waals surface area contributed by atoms with Crippen molar-refractivity contribution in [3.8, 4) is 0 Å². The Morgan fingerprint density at radius 3 is 2.43 bits per heavy atom. The molecule has 23 heavy (non-hydrogen) atoms. The Bertz CT molecular complexity index is 610. The van der Waals surface area contributed by atoms with Crippen molar-refractivity contribution in [3.05, 3.63) is 17.6 Å². The molecular weight excluding hydrogens is 303 g/mol. The second kappa shape index (κ2) is 5.38. The molecule has 0 atom stereocenters. The highest BCUT2D eigenvalue weighted by atomic mass is 19.1. The number of alkyl halides is 1. The normalized spacial score (nSPS) is 25.5. The van der Waals surface area contributed by atoms with E-state index in [0.717, 1.165) is 6.42 Å². The van der Waals surface area contributed by atoms with Gasteiger partial charge in [0.1, 0.15) is 17.1 Å². The molecule has 1 aromatic heterocycles. The van der Waals surface area contributed by atoms with Crippen LogP contribution in [0.5, 0.6) is 0 Å². The van der Waals surface area contributed by atoms with Crippen LogP contribution in [-0.2, 0) is 15.9 Å². The zero-order chi connectivity index (χ0) is 16.9. The monoisotopic (exact) mass is 325 g/mol. The summed E-state index contributed by atoms with van der Waals surface area (Å²) in [6.07, 6.45) is 4.73. The highest BCUT2D eigenvalue weighted by molar-refractivity contribution is 6.54. The summed E-state index contributed by atoms with van der Waals surface area (Å²) in [5.41, 5.74) is -2.66. The van der Waals surface area contributed by atoms with Crippen molar-refractivity contribution >= 4 is 13.2 Å². The van der Waals surface area contributed by atoms with Gasteiger partial charge in [0.15, 0.2) is 0 Å². The van der Waals surface area contributed by atoms with Crippen molar-refractivity contribution in [2.24, 2.45) is 0 Å². The Kier molecular flexibility index (Phi) is 3.88. The van der Waals surface area contributed by atoms with Crippen LogP contribution >= 0.6 is 0 Å². The number of halogens is 2. The standard InChI is InChI=1S/C15H22BF2N3O2/c1-13(2)14(3,4)23-16(22-13)12(17)8-11-9-21(20-19-11)10-15(18)6-5-7-15/h8-9H,5-7,10H2,1-4H3. The quantitative estimate of drug-likeness (QED) is 0.798. The topological polar surface area (TPSA) is 49.2 Å². The fourth-order valence-corrected chi connectivity index (χ4v) is 2.63. The molecule has 126 valence electrons. The lowest BCUT2D eigenvalue weighted by atomic mass is 9.82. The van der Waals surface area contributed by atoms with Crippen LogP contribution in [0.2, 0.25) is 0 Å². The third-order valence-electron chi connectivity index (χ3n) is 5.02. The van der Waals surface area contributed by atoms with Crippen molar-refractivity contribution in [1.82, 2.24) is 15.0 Å². The molecule has 0 unspecified atom stereocenters. The molecule has 8 heteroatoms. The van der Waals surface area contributed by atoms with Gasteiger partial charge in [0.2, 0.25) is 0 Å². The molecule has 1 aliphatic carbocycles. The number of rotatable bonds is 4. The lowest BCUT2D eigenvalue weighted by molar-refractivity contribution is 0.00578. The first kappa shape index (κ1) is 16.6. The van der Waals surface area contributed by atoms with E-state index in [1.54, 1.807) is 0 Å². The molecule has 5 nitrogen and oxygen atoms in total. The van der Waals surface area contributed by atoms with Gasteiger partial charge in [-0.2, -0.15) is 0 Å². The van der Waals surface area contributed by atoms with E-state index in [1.165, 1.54) is 17.0 Å². The molecule has 3 rings (SSSR count). The Balaban J connectivity index is 1.68. The lowest BCUT2D eigenvalue weighted by Gasteiger charge is -2.33. The molecule has 0 amide bonds. The second-order valence-corrected chi connectivity index (χ2v) is 7.46. The molecule has 0 aromatic carbocycles. The maximum absolute atomic E-state index is 14.4. The van der Waals surface area contributed by atoms with E-state index < -0.39 is 29.7 Å². The number of hydrogen-bond acceptors (Lipinski definition) is 4. The van der Waals surface area contributed by atoms with Crippen LogP contribution in [0, 0.1) is 0 Å². The first-order valence-corrected chi connectivity index (χ1v) is 7.92. The van der Waals surface area contributed by atoms with Gasteiger partial charge in [-0.15, -0.1) is 5.10 Å². The predicted molar refractivity (Wildman–Crippen MR) is 82.9 cm³/mol. The SMILES string of the molecule is CC1(C)OB(C(F)=Cc2cn(CC3(F)CCC3)nn2)OC1(C)C. The average Bonchev–Trinajstić information content (AvgIpc) is 2.90. The summed E-state index contributed by atoms with van der Waals surface area (Å²) in [7, 11) is -1.07. The van der Waals surface area contributed by atoms with Gasteiger partial charge in [-0.25, -0.2) is 13.5 Å². The van der Waals surface area contributed by atoms with Crippen LogP contribution in [0.3, 0.4) is 0 Å². The van der Waals surface area contributed by atoms with Crippen LogP contribution in [0.25, 0.3) is 6.08 Å². The van der Waals surface area contributed by atoms with Gasteiger partial charge in [-0.1, -0.05) is 5.21 Å². The van der Waals surface area contributed by atoms with Crippen LogP contribution in [0.4, 0.5) is 8.78 Å². The molecule has 1 aliphatic heterocycles. The summed E-state index contributed by atoms with van der Waals surface area (Å²) in [5, 5.41) is 7.72. The Hall–Kier alpha value is -1.28. The van der Waals surface area contributed by atoms with Crippen LogP contribution in [0.15, 0.2) is 11.9 Å². The van der Waals surface area contributed by atoms with E-state index in [9.17, 15) is 8.78 Å². The zero-order valence-corrected chi connectivity index (χ0v) is 14.0. The predicted octanol–water partition coefficient (Wildman–Crippen LogP) is 3.11. The Labute approximate surface area is 135 Å². The summed E-state index contributed by atoms with van der Waals surface area (Å²) in [6.45, 7) is 7.59. The minimum absolute atomic E-state index is 0.159. The molecule has 2 heterocycles. The maximum atomic E-state index is 14.4. The van der Waals surface area contributed by atoms with E-state index in [-0.39, 0.29) is 6.54 Å². The zero-order valence-electron chi connectivity index (χ0n) is 14.0. The average molecular weight is 325 g/mol. The van der Waals surface area contributed by atoms with Crippen molar-refractivity contribution in [3.63, 3.8) is 0 Å². The van der Waals surface area contributed by atoms with Crippen LogP contribution in [0.1, 0.15) is 52.7 Å². The third-order valence-corrected chi connectivity index (χ3v) is 5.02. The lowest BCUT2D eigenvalue weighted by Crippen LogP contribution is -2.41. The number of aromatic nitrogens is 3. The van der Waals surface area contributed by atoms with Crippen molar-refractivity contribution in [1.29, 1.82) is 0 Å². The van der Waals surface area contributed by atoms with E-state index >= 15 is 0 Å². The Morgan fingerprint density at radius 1 is 1.30 bits per heavy atom. The summed E-state index contributed by atoms with van der Waals surface area (Å²) >= 11 is 0. The number of nitrogens with zero attached hydrogens (tertiary/aromatic N) is 3. The van der Waals surface area contributed by atoms with Gasteiger partial charge in [0.05, 0.1) is 23.9 Å². The van der Waals surface area contributed by atoms with Gasteiger partial charge < -0.3 is 9.31 Å². The molecule has 0 N–H and O–H groups in total. The smallest absolute Gasteiger partial charge is 0.398 e. The molecule has 1 saturated carbocycles. The molecule has 2 aliphatic rings. The molecule has 2 fully saturated rings. The van der Waals surface area contributed by atoms with E-state index in [2.05, 4.69) is 10.3 Å². The minimum Gasteiger partial charge on any atom is -0.398 e. The van der Waals surface area contributed by atoms with Gasteiger partial charge in [-0.05, 0) is 53.0 Å². The van der Waals surface area contributed by atoms with E-state index in [4.69, 9.17) is 9.31 Å². The van der Waals surface area contributed by atoms with Gasteiger partial charge in [-0.3, -0.25) is 0 Å². The molecule has 0 bridgehead atoms. The van der Waals surface area contributed by atoms with Crippen molar-refractivity contribution in [2.45, 2.75) is 70.4 Å². The fourth-order valence-electron chi connectivity index (χ4n) is 2.63. The third kappa shape index (κ3) is 3.19. The van der Waals surface area contributed by atoms with Gasteiger partial charge >= 0.3 is 7.12 Å². The molecule has 1 saturated heterocycles. The highest BCUT2D eigenvalue weighted by Crippen LogP contribution is 2.39. The van der Waals surface area contributed by atoms with Gasteiger partial charge in [0, 0.05) is 0 Å². The summed E-state index contributed by atoms with van der Waals surface area (Å²) in [6, 6.07) is 0. The van der Waals surface area contributed by atoms with Crippen molar-refractivity contribution < 1.29 is 18.1 Å². The van der Waals surface area contributed by atoms with Crippen LogP contribution < -0.4 is 0 Å². The highest BCUT2D eigenvalue weighted by Gasteiger charge is 2.53. The Morgan fingerprint density at radius 2 is 1.91 bits per heavy atom. The summed E-state index contributed by atoms with van der Waals surface area (Å²) < 4.78 is 41.1. The van der Waals surface area contributed by atoms with Gasteiger partial charge in [0.25, 0.3) is 0 Å². The molecule has 0 spiro atoms. The van der Waals surface area contributed by atoms with Crippen molar-refractivity contribution in [2.75, 3.05) is 0 Å². The van der Waals surface area contributed by atoms with E-state index in [0.29, 0.717) is 18.5 Å². The first-order valence-electron chi connectivity index (χ1n) is 7.92. The fraction of sp³-hybridized carbons (Fsp3) is 0.733. The second-order valence-electron chi connectivity index (χ2n) is 7.46. The largest absolute Gasteiger partial charge is 0.525 e. The summed E-state index contributed by atoms with van der Waals surface area (Å²) in [4.78, 5) is 0. The van der Waals surface area contributed by atoms with E-state index in [1.807, 2.05) is 27.7 Å². The molecule has 0 radical (unpaired) electrons. The molecule has 1 aromatic rings. The maximum Gasteiger partial charge on any atom is 0.525 e. The first-order chi connectivity index (χ1) is 10.6. The number of hydrogen-bond donors (Lipinski definition) is 0. The minimum atomic E-state index is -1.20.